The van der Waals surface area contributed by atoms with E-state index in [4.69, 9.17) is 11.6 Å². The van der Waals surface area contributed by atoms with E-state index in [1.54, 1.807) is 0 Å². The Labute approximate surface area is 85.2 Å². The Morgan fingerprint density at radius 1 is 1.54 bits per heavy atom. The van der Waals surface area contributed by atoms with Crippen molar-refractivity contribution in [2.75, 3.05) is 19.0 Å². The molecule has 1 rings (SSSR count). The minimum absolute atomic E-state index is 0.332. The Kier molecular flexibility index (Phi) is 4.57. The van der Waals surface area contributed by atoms with Crippen LogP contribution in [-0.2, 0) is 4.79 Å². The van der Waals surface area contributed by atoms with Crippen molar-refractivity contribution < 1.29 is 4.79 Å². The average Bonchev–Trinajstić information content (AvgIpc) is 2.48. The molecule has 76 valence electrons. The van der Waals surface area contributed by atoms with Gasteiger partial charge in [0.05, 0.1) is 0 Å². The van der Waals surface area contributed by atoms with Gasteiger partial charge in [0.25, 0.3) is 0 Å². The molecule has 0 aromatic carbocycles. The van der Waals surface area contributed by atoms with E-state index >= 15 is 0 Å². The summed E-state index contributed by atoms with van der Waals surface area (Å²) in [7, 11) is 0. The molecule has 13 heavy (non-hydrogen) atoms. The SMILES string of the molecule is CC(CCCl)CCN1CCCC1=O. The molecule has 0 spiro atoms. The molecule has 1 atom stereocenters. The third-order valence-corrected chi connectivity index (χ3v) is 2.88. The normalized spacial score (nSPS) is 19.5. The van der Waals surface area contributed by atoms with E-state index in [1.807, 2.05) is 4.90 Å². The zero-order chi connectivity index (χ0) is 9.68. The molecule has 1 heterocycles. The van der Waals surface area contributed by atoms with Gasteiger partial charge in [-0.2, -0.15) is 0 Å². The summed E-state index contributed by atoms with van der Waals surface area (Å²) < 4.78 is 0. The van der Waals surface area contributed by atoms with Crippen molar-refractivity contribution in [3.63, 3.8) is 0 Å². The molecule has 1 fully saturated rings. The van der Waals surface area contributed by atoms with Crippen molar-refractivity contribution in [3.8, 4) is 0 Å². The van der Waals surface area contributed by atoms with E-state index in [0.29, 0.717) is 11.8 Å². The summed E-state index contributed by atoms with van der Waals surface area (Å²) in [6.45, 7) is 4.09. The zero-order valence-electron chi connectivity index (χ0n) is 8.26. The van der Waals surface area contributed by atoms with Crippen molar-refractivity contribution in [2.24, 2.45) is 5.92 Å². The van der Waals surface area contributed by atoms with E-state index < -0.39 is 0 Å². The first-order valence-electron chi connectivity index (χ1n) is 5.07. The Balaban J connectivity index is 2.14. The van der Waals surface area contributed by atoms with E-state index in [1.165, 1.54) is 0 Å². The topological polar surface area (TPSA) is 20.3 Å². The Bertz CT molecular complexity index is 172. The van der Waals surface area contributed by atoms with Crippen LogP contribution in [-0.4, -0.2) is 29.8 Å². The van der Waals surface area contributed by atoms with Crippen LogP contribution < -0.4 is 0 Å². The van der Waals surface area contributed by atoms with Crippen LogP contribution >= 0.6 is 11.6 Å². The second-order valence-electron chi connectivity index (χ2n) is 3.86. The number of likely N-dealkylation sites (tertiary alicyclic amines) is 1. The van der Waals surface area contributed by atoms with Gasteiger partial charge < -0.3 is 4.90 Å². The van der Waals surface area contributed by atoms with Crippen LogP contribution in [0.4, 0.5) is 0 Å². The van der Waals surface area contributed by atoms with E-state index in [0.717, 1.165) is 44.7 Å². The van der Waals surface area contributed by atoms with Gasteiger partial charge in [-0.15, -0.1) is 11.6 Å². The largest absolute Gasteiger partial charge is 0.343 e. The lowest BCUT2D eigenvalue weighted by molar-refractivity contribution is -0.127. The fourth-order valence-corrected chi connectivity index (χ4v) is 2.02. The molecule has 1 aliphatic heterocycles. The number of nitrogens with zero attached hydrogens (tertiary/aromatic N) is 1. The summed E-state index contributed by atoms with van der Waals surface area (Å²) in [6, 6.07) is 0. The molecule has 0 radical (unpaired) electrons. The van der Waals surface area contributed by atoms with Crippen LogP contribution in [0.1, 0.15) is 32.6 Å². The molecule has 0 aromatic rings. The van der Waals surface area contributed by atoms with Crippen molar-refractivity contribution in [1.29, 1.82) is 0 Å². The van der Waals surface area contributed by atoms with Crippen LogP contribution in [0.15, 0.2) is 0 Å². The van der Waals surface area contributed by atoms with Crippen molar-refractivity contribution in [1.82, 2.24) is 4.90 Å². The van der Waals surface area contributed by atoms with E-state index in [9.17, 15) is 4.79 Å². The minimum Gasteiger partial charge on any atom is -0.343 e. The van der Waals surface area contributed by atoms with Gasteiger partial charge >= 0.3 is 0 Å². The van der Waals surface area contributed by atoms with Gasteiger partial charge in [0.1, 0.15) is 0 Å². The molecule has 0 bridgehead atoms. The molecular weight excluding hydrogens is 186 g/mol. The van der Waals surface area contributed by atoms with Gasteiger partial charge in [0.15, 0.2) is 0 Å². The van der Waals surface area contributed by atoms with Gasteiger partial charge in [0.2, 0.25) is 5.91 Å². The first-order chi connectivity index (χ1) is 6.24. The molecule has 1 saturated heterocycles. The maximum absolute atomic E-state index is 11.2. The first-order valence-corrected chi connectivity index (χ1v) is 5.61. The number of amides is 1. The van der Waals surface area contributed by atoms with Crippen molar-refractivity contribution in [3.05, 3.63) is 0 Å². The summed E-state index contributed by atoms with van der Waals surface area (Å²) in [5, 5.41) is 0. The monoisotopic (exact) mass is 203 g/mol. The lowest BCUT2D eigenvalue weighted by Crippen LogP contribution is -2.26. The summed E-state index contributed by atoms with van der Waals surface area (Å²) in [4.78, 5) is 13.2. The third kappa shape index (κ3) is 3.55. The smallest absolute Gasteiger partial charge is 0.222 e. The molecule has 0 aliphatic carbocycles. The Morgan fingerprint density at radius 3 is 2.85 bits per heavy atom. The molecule has 0 saturated carbocycles. The lowest BCUT2D eigenvalue weighted by atomic mass is 10.1. The quantitative estimate of drug-likeness (QED) is 0.628. The van der Waals surface area contributed by atoms with Crippen LogP contribution in [0.3, 0.4) is 0 Å². The standard InChI is InChI=1S/C10H18ClNO/c1-9(4-6-11)5-8-12-7-2-3-10(12)13/h9H,2-8H2,1H3. The average molecular weight is 204 g/mol. The number of carbonyl (C=O) groups excluding carboxylic acids is 1. The van der Waals surface area contributed by atoms with Gasteiger partial charge in [-0.05, 0) is 25.2 Å². The molecule has 3 heteroatoms. The van der Waals surface area contributed by atoms with Gasteiger partial charge in [-0.25, -0.2) is 0 Å². The first kappa shape index (κ1) is 10.8. The summed E-state index contributed by atoms with van der Waals surface area (Å²) in [5.74, 6) is 1.71. The third-order valence-electron chi connectivity index (χ3n) is 2.67. The highest BCUT2D eigenvalue weighted by Crippen LogP contribution is 2.14. The summed E-state index contributed by atoms with van der Waals surface area (Å²) >= 11 is 5.64. The lowest BCUT2D eigenvalue weighted by Gasteiger charge is -2.17. The van der Waals surface area contributed by atoms with Gasteiger partial charge in [-0.3, -0.25) is 4.79 Å². The molecule has 2 nitrogen and oxygen atoms in total. The molecule has 0 N–H and O–H groups in total. The van der Waals surface area contributed by atoms with Gasteiger partial charge in [0, 0.05) is 25.4 Å². The van der Waals surface area contributed by atoms with Crippen molar-refractivity contribution in [2.45, 2.75) is 32.6 Å². The highest BCUT2D eigenvalue weighted by molar-refractivity contribution is 6.17. The minimum atomic E-state index is 0.332. The van der Waals surface area contributed by atoms with Crippen LogP contribution in [0.2, 0.25) is 0 Å². The summed E-state index contributed by atoms with van der Waals surface area (Å²) in [5.41, 5.74) is 0. The fourth-order valence-electron chi connectivity index (χ4n) is 1.65. The molecule has 1 unspecified atom stereocenters. The van der Waals surface area contributed by atoms with E-state index in [2.05, 4.69) is 6.92 Å². The molecule has 0 aromatic heterocycles. The maximum Gasteiger partial charge on any atom is 0.222 e. The number of halogens is 1. The van der Waals surface area contributed by atoms with Crippen LogP contribution in [0.5, 0.6) is 0 Å². The zero-order valence-corrected chi connectivity index (χ0v) is 9.02. The second-order valence-corrected chi connectivity index (χ2v) is 4.23. The highest BCUT2D eigenvalue weighted by Gasteiger charge is 2.19. The van der Waals surface area contributed by atoms with Crippen molar-refractivity contribution >= 4 is 17.5 Å². The predicted octanol–water partition coefficient (Wildman–Crippen LogP) is 2.26. The molecular formula is C10H18ClNO. The number of hydrogen-bond donors (Lipinski definition) is 0. The molecule has 1 amide bonds. The predicted molar refractivity (Wildman–Crippen MR) is 54.9 cm³/mol. The van der Waals surface area contributed by atoms with Gasteiger partial charge in [-0.1, -0.05) is 6.92 Å². The Morgan fingerprint density at radius 2 is 2.31 bits per heavy atom. The van der Waals surface area contributed by atoms with Crippen LogP contribution in [0, 0.1) is 5.92 Å². The highest BCUT2D eigenvalue weighted by atomic mass is 35.5. The number of carbonyl (C=O) groups is 1. The van der Waals surface area contributed by atoms with E-state index in [-0.39, 0.29) is 0 Å². The van der Waals surface area contributed by atoms with Crippen LogP contribution in [0.25, 0.3) is 0 Å². The number of alkyl halides is 1. The Hall–Kier alpha value is -0.240. The number of hydrogen-bond acceptors (Lipinski definition) is 1. The fraction of sp³-hybridized carbons (Fsp3) is 0.900. The maximum atomic E-state index is 11.2. The molecule has 1 aliphatic rings. The number of rotatable bonds is 5. The summed E-state index contributed by atoms with van der Waals surface area (Å²) in [6.07, 6.45) is 3.95. The second kappa shape index (κ2) is 5.48.